The van der Waals surface area contributed by atoms with Gasteiger partial charge in [-0.05, 0) is 43.1 Å². The molecule has 1 aromatic carbocycles. The van der Waals surface area contributed by atoms with Crippen LogP contribution in [0.5, 0.6) is 5.75 Å². The molecular formula is C16H24ClNO2S. The Hall–Kier alpha value is -0.420. The van der Waals surface area contributed by atoms with Gasteiger partial charge in [0.25, 0.3) is 0 Å². The summed E-state index contributed by atoms with van der Waals surface area (Å²) < 4.78 is 11.4. The van der Waals surface area contributed by atoms with Crippen molar-refractivity contribution in [2.24, 2.45) is 0 Å². The third-order valence-electron chi connectivity index (χ3n) is 3.63. The van der Waals surface area contributed by atoms with Gasteiger partial charge in [0.1, 0.15) is 5.75 Å². The second-order valence-electron chi connectivity index (χ2n) is 5.21. The van der Waals surface area contributed by atoms with Gasteiger partial charge < -0.3 is 14.8 Å². The standard InChI is InChI=1S/C16H24ClNO2S/c1-3-6-18-14(16-11-21-8-7-20-16)10-12-9-13(17)4-5-15(12)19-2/h4-5,9,14,16,18H,3,6-8,10-11H2,1-2H3. The summed E-state index contributed by atoms with van der Waals surface area (Å²) in [6.07, 6.45) is 2.23. The molecule has 21 heavy (non-hydrogen) atoms. The SMILES string of the molecule is CCCNC(Cc1cc(Cl)ccc1OC)C1CSCCO1. The van der Waals surface area contributed by atoms with Crippen LogP contribution in [0.1, 0.15) is 18.9 Å². The van der Waals surface area contributed by atoms with Gasteiger partial charge in [-0.2, -0.15) is 11.8 Å². The van der Waals surface area contributed by atoms with E-state index in [0.717, 1.165) is 53.8 Å². The van der Waals surface area contributed by atoms with Gasteiger partial charge in [-0.25, -0.2) is 0 Å². The van der Waals surface area contributed by atoms with Gasteiger partial charge in [-0.3, -0.25) is 0 Å². The van der Waals surface area contributed by atoms with E-state index in [0.29, 0.717) is 6.04 Å². The topological polar surface area (TPSA) is 30.5 Å². The Morgan fingerprint density at radius 1 is 1.52 bits per heavy atom. The van der Waals surface area contributed by atoms with Gasteiger partial charge in [-0.15, -0.1) is 0 Å². The van der Waals surface area contributed by atoms with Crippen molar-refractivity contribution in [1.29, 1.82) is 0 Å². The molecule has 0 radical (unpaired) electrons. The smallest absolute Gasteiger partial charge is 0.122 e. The number of halogens is 1. The molecule has 1 N–H and O–H groups in total. The Labute approximate surface area is 136 Å². The third-order valence-corrected chi connectivity index (χ3v) is 4.88. The minimum atomic E-state index is 0.249. The summed E-state index contributed by atoms with van der Waals surface area (Å²) in [5.74, 6) is 3.04. The molecule has 1 aliphatic rings. The van der Waals surface area contributed by atoms with E-state index in [2.05, 4.69) is 12.2 Å². The minimum absolute atomic E-state index is 0.249. The minimum Gasteiger partial charge on any atom is -0.496 e. The van der Waals surface area contributed by atoms with Crippen molar-refractivity contribution in [3.63, 3.8) is 0 Å². The van der Waals surface area contributed by atoms with E-state index >= 15 is 0 Å². The van der Waals surface area contributed by atoms with Gasteiger partial charge in [0, 0.05) is 22.6 Å². The van der Waals surface area contributed by atoms with Gasteiger partial charge in [0.15, 0.2) is 0 Å². The van der Waals surface area contributed by atoms with Crippen LogP contribution in [0.25, 0.3) is 0 Å². The molecule has 1 aromatic rings. The first-order chi connectivity index (χ1) is 10.2. The zero-order valence-electron chi connectivity index (χ0n) is 12.7. The van der Waals surface area contributed by atoms with Crippen molar-refractivity contribution in [2.75, 3.05) is 31.8 Å². The molecule has 0 bridgehead atoms. The van der Waals surface area contributed by atoms with Crippen LogP contribution in [0, 0.1) is 0 Å². The molecule has 118 valence electrons. The highest BCUT2D eigenvalue weighted by atomic mass is 35.5. The second-order valence-corrected chi connectivity index (χ2v) is 6.79. The molecule has 1 fully saturated rings. The van der Waals surface area contributed by atoms with Crippen LogP contribution in [0.2, 0.25) is 5.02 Å². The monoisotopic (exact) mass is 329 g/mol. The highest BCUT2D eigenvalue weighted by molar-refractivity contribution is 7.99. The molecular weight excluding hydrogens is 306 g/mol. The molecule has 0 amide bonds. The van der Waals surface area contributed by atoms with Crippen LogP contribution in [0.4, 0.5) is 0 Å². The van der Waals surface area contributed by atoms with Crippen molar-refractivity contribution in [2.45, 2.75) is 31.9 Å². The van der Waals surface area contributed by atoms with Crippen molar-refractivity contribution in [3.05, 3.63) is 28.8 Å². The van der Waals surface area contributed by atoms with Gasteiger partial charge in [0.05, 0.1) is 19.8 Å². The molecule has 2 atom stereocenters. The van der Waals surface area contributed by atoms with Crippen LogP contribution < -0.4 is 10.1 Å². The zero-order valence-corrected chi connectivity index (χ0v) is 14.3. The van der Waals surface area contributed by atoms with Crippen LogP contribution in [-0.2, 0) is 11.2 Å². The third kappa shape index (κ3) is 5.06. The van der Waals surface area contributed by atoms with Crippen molar-refractivity contribution >= 4 is 23.4 Å². The summed E-state index contributed by atoms with van der Waals surface area (Å²) in [5.41, 5.74) is 1.14. The molecule has 3 nitrogen and oxygen atoms in total. The van der Waals surface area contributed by atoms with Crippen molar-refractivity contribution in [3.8, 4) is 5.75 Å². The number of thioether (sulfide) groups is 1. The summed E-state index contributed by atoms with van der Waals surface area (Å²) in [7, 11) is 1.70. The first-order valence-corrected chi connectivity index (χ1v) is 9.03. The highest BCUT2D eigenvalue weighted by Gasteiger charge is 2.25. The molecule has 1 aliphatic heterocycles. The first kappa shape index (κ1) is 16.9. The van der Waals surface area contributed by atoms with Gasteiger partial charge in [0.2, 0.25) is 0 Å². The van der Waals surface area contributed by atoms with Crippen molar-refractivity contribution < 1.29 is 9.47 Å². The predicted octanol–water partition coefficient (Wildman–Crippen LogP) is 3.39. The van der Waals surface area contributed by atoms with E-state index in [-0.39, 0.29) is 6.10 Å². The number of hydrogen-bond donors (Lipinski definition) is 1. The largest absolute Gasteiger partial charge is 0.496 e. The normalized spacial score (nSPS) is 20.2. The molecule has 0 aromatic heterocycles. The fourth-order valence-electron chi connectivity index (χ4n) is 2.55. The maximum Gasteiger partial charge on any atom is 0.122 e. The van der Waals surface area contributed by atoms with Crippen LogP contribution in [0.3, 0.4) is 0 Å². The molecule has 1 heterocycles. The van der Waals surface area contributed by atoms with Gasteiger partial charge in [-0.1, -0.05) is 18.5 Å². The quantitative estimate of drug-likeness (QED) is 0.830. The Bertz CT molecular complexity index is 438. The van der Waals surface area contributed by atoms with E-state index < -0.39 is 0 Å². The van der Waals surface area contributed by atoms with Crippen LogP contribution >= 0.6 is 23.4 Å². The lowest BCUT2D eigenvalue weighted by molar-refractivity contribution is 0.0470. The molecule has 1 saturated heterocycles. The lowest BCUT2D eigenvalue weighted by atomic mass is 10.0. The Kier molecular flexibility index (Phi) is 7.17. The molecule has 0 spiro atoms. The summed E-state index contributed by atoms with van der Waals surface area (Å²) in [6, 6.07) is 6.10. The molecule has 0 saturated carbocycles. The predicted molar refractivity (Wildman–Crippen MR) is 90.9 cm³/mol. The number of methoxy groups -OCH3 is 1. The fourth-order valence-corrected chi connectivity index (χ4v) is 3.68. The Balaban J connectivity index is 2.11. The fraction of sp³-hybridized carbons (Fsp3) is 0.625. The average Bonchev–Trinajstić information content (AvgIpc) is 2.52. The molecule has 5 heteroatoms. The van der Waals surface area contributed by atoms with Crippen LogP contribution in [0.15, 0.2) is 18.2 Å². The Morgan fingerprint density at radius 2 is 2.38 bits per heavy atom. The van der Waals surface area contributed by atoms with E-state index in [1.54, 1.807) is 7.11 Å². The maximum absolute atomic E-state index is 6.14. The summed E-state index contributed by atoms with van der Waals surface area (Å²) >= 11 is 8.10. The molecule has 2 rings (SSSR count). The zero-order chi connectivity index (χ0) is 15.1. The van der Waals surface area contributed by atoms with E-state index in [9.17, 15) is 0 Å². The van der Waals surface area contributed by atoms with Crippen LogP contribution in [-0.4, -0.2) is 43.9 Å². The van der Waals surface area contributed by atoms with E-state index in [1.165, 1.54) is 0 Å². The number of ether oxygens (including phenoxy) is 2. The number of hydrogen-bond acceptors (Lipinski definition) is 4. The lowest BCUT2D eigenvalue weighted by Gasteiger charge is -2.31. The Morgan fingerprint density at radius 3 is 3.05 bits per heavy atom. The van der Waals surface area contributed by atoms with Crippen molar-refractivity contribution in [1.82, 2.24) is 5.32 Å². The van der Waals surface area contributed by atoms with E-state index in [1.807, 2.05) is 30.0 Å². The maximum atomic E-state index is 6.14. The molecule has 2 unspecified atom stereocenters. The number of rotatable bonds is 7. The first-order valence-electron chi connectivity index (χ1n) is 7.49. The number of nitrogens with one attached hydrogen (secondary N) is 1. The molecule has 0 aliphatic carbocycles. The summed E-state index contributed by atoms with van der Waals surface area (Å²) in [6.45, 7) is 4.02. The van der Waals surface area contributed by atoms with E-state index in [4.69, 9.17) is 21.1 Å². The highest BCUT2D eigenvalue weighted by Crippen LogP contribution is 2.26. The second kappa shape index (κ2) is 8.89. The average molecular weight is 330 g/mol. The summed E-state index contributed by atoms with van der Waals surface area (Å²) in [4.78, 5) is 0. The summed E-state index contributed by atoms with van der Waals surface area (Å²) in [5, 5.41) is 4.37. The lowest BCUT2D eigenvalue weighted by Crippen LogP contribution is -2.46. The van der Waals surface area contributed by atoms with Gasteiger partial charge >= 0.3 is 0 Å². The number of benzene rings is 1.